The van der Waals surface area contributed by atoms with E-state index in [2.05, 4.69) is 36.0 Å². The Labute approximate surface area is 164 Å². The Hall–Kier alpha value is -2.25. The van der Waals surface area contributed by atoms with Crippen molar-refractivity contribution < 1.29 is 4.79 Å². The topological polar surface area (TPSA) is 54.3 Å². The van der Waals surface area contributed by atoms with Gasteiger partial charge in [-0.1, -0.05) is 17.4 Å². The summed E-state index contributed by atoms with van der Waals surface area (Å²) in [7, 11) is 4.09. The molecule has 27 heavy (non-hydrogen) atoms. The maximum atomic E-state index is 13.3. The van der Waals surface area contributed by atoms with E-state index < -0.39 is 0 Å². The first kappa shape index (κ1) is 19.5. The van der Waals surface area contributed by atoms with Gasteiger partial charge in [0.25, 0.3) is 5.91 Å². The van der Waals surface area contributed by atoms with E-state index in [-0.39, 0.29) is 5.91 Å². The molecular formula is C20H27N5OS. The number of carbonyl (C=O) groups excluding carboxylic acids is 1. The summed E-state index contributed by atoms with van der Waals surface area (Å²) in [5, 5.41) is 5.01. The van der Waals surface area contributed by atoms with Gasteiger partial charge in [-0.05, 0) is 71.1 Å². The van der Waals surface area contributed by atoms with E-state index in [1.807, 2.05) is 25.9 Å². The van der Waals surface area contributed by atoms with Gasteiger partial charge in [-0.2, -0.15) is 5.10 Å². The van der Waals surface area contributed by atoms with Crippen LogP contribution < -0.4 is 4.90 Å². The Balaban J connectivity index is 1.99. The summed E-state index contributed by atoms with van der Waals surface area (Å²) >= 11 is 1.58. The Bertz CT molecular complexity index is 943. The lowest BCUT2D eigenvalue weighted by Crippen LogP contribution is -2.34. The highest BCUT2D eigenvalue weighted by Gasteiger charge is 2.24. The number of thiazole rings is 1. The summed E-state index contributed by atoms with van der Waals surface area (Å²) in [6.45, 7) is 8.38. The molecule has 1 aromatic carbocycles. The van der Waals surface area contributed by atoms with E-state index in [4.69, 9.17) is 4.98 Å². The number of hydrogen-bond acceptors (Lipinski definition) is 5. The zero-order valence-electron chi connectivity index (χ0n) is 16.7. The Kier molecular flexibility index (Phi) is 5.92. The SMILES string of the molecule is CCn1nccc1C(=O)N(CCCN(C)C)c1nc2c(C)c(C)ccc2s1. The molecule has 0 N–H and O–H groups in total. The second kappa shape index (κ2) is 8.19. The summed E-state index contributed by atoms with van der Waals surface area (Å²) in [6, 6.07) is 6.00. The zero-order valence-corrected chi connectivity index (χ0v) is 17.5. The predicted molar refractivity (Wildman–Crippen MR) is 112 cm³/mol. The van der Waals surface area contributed by atoms with Crippen LogP contribution in [0.25, 0.3) is 10.2 Å². The van der Waals surface area contributed by atoms with Crippen LogP contribution in [0.1, 0.15) is 35.0 Å². The van der Waals surface area contributed by atoms with E-state index in [9.17, 15) is 4.79 Å². The number of carbonyl (C=O) groups is 1. The van der Waals surface area contributed by atoms with E-state index in [1.165, 1.54) is 11.1 Å². The van der Waals surface area contributed by atoms with E-state index in [0.717, 1.165) is 28.3 Å². The van der Waals surface area contributed by atoms with Crippen LogP contribution in [0.4, 0.5) is 5.13 Å². The molecule has 3 aromatic rings. The summed E-state index contributed by atoms with van der Waals surface area (Å²) in [5.74, 6) is -0.0402. The molecule has 0 unspecified atom stereocenters. The average molecular weight is 386 g/mol. The van der Waals surface area contributed by atoms with Crippen molar-refractivity contribution in [3.63, 3.8) is 0 Å². The van der Waals surface area contributed by atoms with Crippen molar-refractivity contribution >= 4 is 32.6 Å². The lowest BCUT2D eigenvalue weighted by atomic mass is 10.1. The van der Waals surface area contributed by atoms with Gasteiger partial charge in [0.2, 0.25) is 0 Å². The third kappa shape index (κ3) is 4.04. The molecule has 6 nitrogen and oxygen atoms in total. The number of amides is 1. The third-order valence-corrected chi connectivity index (χ3v) is 5.82. The van der Waals surface area contributed by atoms with Crippen LogP contribution in [-0.4, -0.2) is 52.8 Å². The van der Waals surface area contributed by atoms with Gasteiger partial charge in [0.05, 0.1) is 10.2 Å². The number of hydrogen-bond donors (Lipinski definition) is 0. The molecule has 0 aliphatic carbocycles. The quantitative estimate of drug-likeness (QED) is 0.622. The highest BCUT2D eigenvalue weighted by atomic mass is 32.1. The Morgan fingerprint density at radius 3 is 2.67 bits per heavy atom. The van der Waals surface area contributed by atoms with Gasteiger partial charge < -0.3 is 4.90 Å². The number of nitrogens with zero attached hydrogens (tertiary/aromatic N) is 5. The van der Waals surface area contributed by atoms with Gasteiger partial charge in [0, 0.05) is 19.3 Å². The summed E-state index contributed by atoms with van der Waals surface area (Å²) in [5.41, 5.74) is 3.99. The van der Waals surface area contributed by atoms with Crippen molar-refractivity contribution in [3.05, 3.63) is 41.2 Å². The average Bonchev–Trinajstić information content (AvgIpc) is 3.28. The molecule has 0 saturated heterocycles. The van der Waals surface area contributed by atoms with Crippen LogP contribution in [0.5, 0.6) is 0 Å². The molecule has 144 valence electrons. The van der Waals surface area contributed by atoms with Gasteiger partial charge in [-0.15, -0.1) is 0 Å². The molecular weight excluding hydrogens is 358 g/mol. The van der Waals surface area contributed by atoms with E-state index in [0.29, 0.717) is 18.8 Å². The molecule has 0 aliphatic heterocycles. The van der Waals surface area contributed by atoms with E-state index >= 15 is 0 Å². The van der Waals surface area contributed by atoms with Gasteiger partial charge >= 0.3 is 0 Å². The molecule has 1 amide bonds. The van der Waals surface area contributed by atoms with Crippen molar-refractivity contribution in [2.24, 2.45) is 0 Å². The minimum absolute atomic E-state index is 0.0402. The molecule has 0 aliphatic rings. The summed E-state index contributed by atoms with van der Waals surface area (Å²) < 4.78 is 2.85. The molecule has 0 saturated carbocycles. The molecule has 0 fully saturated rings. The number of aromatic nitrogens is 3. The minimum Gasteiger partial charge on any atom is -0.309 e. The van der Waals surface area contributed by atoms with Crippen molar-refractivity contribution in [2.45, 2.75) is 33.7 Å². The largest absolute Gasteiger partial charge is 0.309 e. The summed E-state index contributed by atoms with van der Waals surface area (Å²) in [4.78, 5) is 22.1. The number of benzene rings is 1. The molecule has 0 radical (unpaired) electrons. The fourth-order valence-corrected chi connectivity index (χ4v) is 4.11. The van der Waals surface area contributed by atoms with Crippen LogP contribution in [-0.2, 0) is 6.54 Å². The molecule has 2 aromatic heterocycles. The summed E-state index contributed by atoms with van der Waals surface area (Å²) in [6.07, 6.45) is 2.56. The molecule has 7 heteroatoms. The highest BCUT2D eigenvalue weighted by molar-refractivity contribution is 7.22. The van der Waals surface area contributed by atoms with Gasteiger partial charge in [0.1, 0.15) is 5.69 Å². The lowest BCUT2D eigenvalue weighted by molar-refractivity contribution is 0.0975. The Morgan fingerprint density at radius 2 is 1.96 bits per heavy atom. The second-order valence-electron chi connectivity index (χ2n) is 7.00. The second-order valence-corrected chi connectivity index (χ2v) is 8.01. The number of aryl methyl sites for hydroxylation is 3. The van der Waals surface area contributed by atoms with E-state index in [1.54, 1.807) is 28.3 Å². The monoisotopic (exact) mass is 385 g/mol. The van der Waals surface area contributed by atoms with Gasteiger partial charge in [0.15, 0.2) is 5.13 Å². The molecule has 2 heterocycles. The predicted octanol–water partition coefficient (Wildman–Crippen LogP) is 3.73. The fourth-order valence-electron chi connectivity index (χ4n) is 3.06. The third-order valence-electron chi connectivity index (χ3n) is 4.77. The van der Waals surface area contributed by atoms with Gasteiger partial charge in [-0.3, -0.25) is 14.4 Å². The molecule has 0 spiro atoms. The highest BCUT2D eigenvalue weighted by Crippen LogP contribution is 2.32. The molecule has 0 bridgehead atoms. The number of fused-ring (bicyclic) bond motifs is 1. The number of rotatable bonds is 7. The minimum atomic E-state index is -0.0402. The van der Waals surface area contributed by atoms with Crippen LogP contribution in [0.2, 0.25) is 0 Å². The lowest BCUT2D eigenvalue weighted by Gasteiger charge is -2.21. The van der Waals surface area contributed by atoms with Crippen molar-refractivity contribution in [3.8, 4) is 0 Å². The van der Waals surface area contributed by atoms with Crippen LogP contribution in [0, 0.1) is 13.8 Å². The standard InChI is InChI=1S/C20H27N5OS/c1-6-25-16(10-11-21-25)19(26)24(13-7-12-23(4)5)20-22-18-15(3)14(2)8-9-17(18)27-20/h8-11H,6-7,12-13H2,1-5H3. The fraction of sp³-hybridized carbons (Fsp3) is 0.450. The first-order valence-electron chi connectivity index (χ1n) is 9.27. The van der Waals surface area contributed by atoms with Gasteiger partial charge in [-0.25, -0.2) is 4.98 Å². The van der Waals surface area contributed by atoms with Crippen LogP contribution in [0.15, 0.2) is 24.4 Å². The first-order chi connectivity index (χ1) is 12.9. The normalized spacial score (nSPS) is 11.5. The maximum Gasteiger partial charge on any atom is 0.278 e. The van der Waals surface area contributed by atoms with Crippen LogP contribution in [0.3, 0.4) is 0 Å². The molecule has 0 atom stereocenters. The molecule has 3 rings (SSSR count). The van der Waals surface area contributed by atoms with Crippen molar-refractivity contribution in [1.29, 1.82) is 0 Å². The van der Waals surface area contributed by atoms with Crippen LogP contribution >= 0.6 is 11.3 Å². The van der Waals surface area contributed by atoms with Crippen molar-refractivity contribution in [1.82, 2.24) is 19.7 Å². The Morgan fingerprint density at radius 1 is 1.19 bits per heavy atom. The maximum absolute atomic E-state index is 13.3. The van der Waals surface area contributed by atoms with Crippen molar-refractivity contribution in [2.75, 3.05) is 32.1 Å². The number of anilines is 1. The smallest absolute Gasteiger partial charge is 0.278 e. The zero-order chi connectivity index (χ0) is 19.6. The first-order valence-corrected chi connectivity index (χ1v) is 10.1.